The first kappa shape index (κ1) is 29.3. The number of nitrogens with zero attached hydrogens (tertiary/aromatic N) is 6. The van der Waals surface area contributed by atoms with E-state index in [1.165, 1.54) is 12.3 Å². The first-order valence-electron chi connectivity index (χ1n) is 14.1. The van der Waals surface area contributed by atoms with Crippen LogP contribution in [0.3, 0.4) is 0 Å². The van der Waals surface area contributed by atoms with Crippen molar-refractivity contribution in [2.45, 2.75) is 25.1 Å². The van der Waals surface area contributed by atoms with E-state index >= 15 is 0 Å². The number of pyridine rings is 2. The fraction of sp³-hybridized carbons (Fsp3) is 0.429. The van der Waals surface area contributed by atoms with Gasteiger partial charge in [0.1, 0.15) is 17.2 Å². The van der Waals surface area contributed by atoms with Gasteiger partial charge in [-0.2, -0.15) is 13.2 Å². The maximum Gasteiger partial charge on any atom is 0.418 e. The fourth-order valence-corrected chi connectivity index (χ4v) is 6.23. The Balaban J connectivity index is 1.28. The Morgan fingerprint density at radius 1 is 1.02 bits per heavy atom. The third kappa shape index (κ3) is 5.89. The van der Waals surface area contributed by atoms with Gasteiger partial charge in [-0.3, -0.25) is 4.79 Å². The van der Waals surface area contributed by atoms with Crippen molar-refractivity contribution in [1.29, 1.82) is 0 Å². The largest absolute Gasteiger partial charge is 0.465 e. The third-order valence-electron chi connectivity index (χ3n) is 8.26. The Hall–Kier alpha value is -4.73. The van der Waals surface area contributed by atoms with Crippen LogP contribution < -0.4 is 26.2 Å². The molecule has 44 heavy (non-hydrogen) atoms. The molecule has 3 aromatic rings. The molecule has 2 bridgehead atoms. The number of nitrogen functional groups attached to an aromatic ring is 1. The lowest BCUT2D eigenvalue weighted by atomic mass is 9.92. The Kier molecular flexibility index (Phi) is 7.84. The summed E-state index contributed by atoms with van der Waals surface area (Å²) in [6.07, 6.45) is -1.51. The first-order chi connectivity index (χ1) is 21.1. The number of nitrogens with one attached hydrogen (secondary N) is 2. The van der Waals surface area contributed by atoms with Crippen molar-refractivity contribution in [2.75, 3.05) is 60.2 Å². The predicted octanol–water partition coefficient (Wildman–Crippen LogP) is 3.11. The summed E-state index contributed by atoms with van der Waals surface area (Å²) < 4.78 is 47.4. The van der Waals surface area contributed by atoms with Crippen molar-refractivity contribution in [3.63, 3.8) is 0 Å². The van der Waals surface area contributed by atoms with Gasteiger partial charge in [-0.05, 0) is 48.9 Å². The van der Waals surface area contributed by atoms with Gasteiger partial charge in [0.25, 0.3) is 5.91 Å². The molecule has 5 heterocycles. The number of rotatable bonds is 6. The number of aromatic nitrogens is 4. The molecule has 0 radical (unpaired) electrons. The van der Waals surface area contributed by atoms with E-state index in [1.54, 1.807) is 17.0 Å². The molecule has 2 aliphatic heterocycles. The average molecular weight is 614 g/mol. The molecule has 232 valence electrons. The number of fused-ring (bicyclic) bond motifs is 2. The van der Waals surface area contributed by atoms with Crippen molar-refractivity contribution in [3.05, 3.63) is 47.9 Å². The van der Waals surface area contributed by atoms with Crippen molar-refractivity contribution in [1.82, 2.24) is 25.3 Å². The Morgan fingerprint density at radius 3 is 2.43 bits per heavy atom. The minimum atomic E-state index is -4.74. The second kappa shape index (κ2) is 11.7. The maximum atomic E-state index is 14.0. The smallest absolute Gasteiger partial charge is 0.418 e. The zero-order valence-electron chi connectivity index (χ0n) is 23.4. The van der Waals surface area contributed by atoms with Crippen LogP contribution in [-0.2, 0) is 10.9 Å². The van der Waals surface area contributed by atoms with Crippen LogP contribution in [0.15, 0.2) is 36.7 Å². The SMILES string of the molecule is Nc1ncc(-c2nc(N3CCOCC3)ccc2C(F)(F)F)nc1C(=O)Nc1ncccc1N1C[C@H]2CC[C@@H](C1)C2NC(=O)O. The lowest BCUT2D eigenvalue weighted by Crippen LogP contribution is -2.52. The van der Waals surface area contributed by atoms with E-state index in [0.717, 1.165) is 25.1 Å². The van der Waals surface area contributed by atoms with Crippen LogP contribution in [-0.4, -0.2) is 82.5 Å². The van der Waals surface area contributed by atoms with Crippen LogP contribution in [0, 0.1) is 11.8 Å². The van der Waals surface area contributed by atoms with Crippen molar-refractivity contribution >= 4 is 35.1 Å². The van der Waals surface area contributed by atoms with Gasteiger partial charge in [-0.25, -0.2) is 24.7 Å². The second-order valence-electron chi connectivity index (χ2n) is 11.0. The average Bonchev–Trinajstić information content (AvgIpc) is 3.22. The summed E-state index contributed by atoms with van der Waals surface area (Å²) in [4.78, 5) is 45.4. The van der Waals surface area contributed by atoms with E-state index in [-0.39, 0.29) is 40.9 Å². The molecule has 16 heteroatoms. The van der Waals surface area contributed by atoms with Crippen LogP contribution in [0.25, 0.3) is 11.4 Å². The van der Waals surface area contributed by atoms with Gasteiger partial charge < -0.3 is 36.0 Å². The predicted molar refractivity (Wildman–Crippen MR) is 153 cm³/mol. The molecule has 2 amide bonds. The number of carbonyl (C=O) groups excluding carboxylic acids is 1. The van der Waals surface area contributed by atoms with Gasteiger partial charge in [0.05, 0.1) is 30.7 Å². The van der Waals surface area contributed by atoms with Crippen molar-refractivity contribution in [2.24, 2.45) is 11.8 Å². The highest BCUT2D eigenvalue weighted by molar-refractivity contribution is 6.06. The molecule has 5 N–H and O–H groups in total. The molecule has 1 unspecified atom stereocenters. The summed E-state index contributed by atoms with van der Waals surface area (Å²) in [5.74, 6) is -0.377. The molecule has 3 fully saturated rings. The summed E-state index contributed by atoms with van der Waals surface area (Å²) in [6, 6.07) is 5.59. The molecule has 3 aliphatic rings. The number of morpholine rings is 1. The lowest BCUT2D eigenvalue weighted by molar-refractivity contribution is -0.137. The Labute approximate surface area is 249 Å². The summed E-state index contributed by atoms with van der Waals surface area (Å²) in [7, 11) is 0. The highest BCUT2D eigenvalue weighted by Crippen LogP contribution is 2.40. The highest BCUT2D eigenvalue weighted by Gasteiger charge is 2.43. The van der Waals surface area contributed by atoms with Gasteiger partial charge in [0.15, 0.2) is 17.3 Å². The lowest BCUT2D eigenvalue weighted by Gasteiger charge is -2.39. The number of carboxylic acid groups (broad SMARTS) is 1. The number of carbonyl (C=O) groups is 2. The summed E-state index contributed by atoms with van der Waals surface area (Å²) in [5, 5.41) is 14.6. The van der Waals surface area contributed by atoms with Crippen LogP contribution in [0.4, 0.5) is 41.1 Å². The molecule has 13 nitrogen and oxygen atoms in total. The second-order valence-corrected chi connectivity index (χ2v) is 11.0. The third-order valence-corrected chi connectivity index (χ3v) is 8.26. The van der Waals surface area contributed by atoms with Gasteiger partial charge in [-0.1, -0.05) is 0 Å². The molecule has 0 aromatic carbocycles. The van der Waals surface area contributed by atoms with Crippen molar-refractivity contribution < 1.29 is 32.6 Å². The van der Waals surface area contributed by atoms with Crippen molar-refractivity contribution in [3.8, 4) is 11.4 Å². The van der Waals surface area contributed by atoms with E-state index in [0.29, 0.717) is 50.9 Å². The number of hydrogen-bond donors (Lipinski definition) is 4. The van der Waals surface area contributed by atoms with Crippen LogP contribution >= 0.6 is 0 Å². The number of halogens is 3. The summed E-state index contributed by atoms with van der Waals surface area (Å²) in [6.45, 7) is 2.86. The molecular weight excluding hydrogens is 583 g/mol. The number of amides is 2. The minimum Gasteiger partial charge on any atom is -0.465 e. The minimum absolute atomic E-state index is 0.0929. The molecule has 6 rings (SSSR count). The Bertz CT molecular complexity index is 1550. The highest BCUT2D eigenvalue weighted by atomic mass is 19.4. The molecule has 2 saturated heterocycles. The number of anilines is 4. The number of nitrogens with two attached hydrogens (primary N) is 1. The van der Waals surface area contributed by atoms with E-state index in [9.17, 15) is 27.9 Å². The zero-order valence-corrected chi connectivity index (χ0v) is 23.4. The Morgan fingerprint density at radius 2 is 1.75 bits per heavy atom. The van der Waals surface area contributed by atoms with Crippen LogP contribution in [0.5, 0.6) is 0 Å². The number of ether oxygens (including phenoxy) is 1. The number of hydrogen-bond acceptors (Lipinski definition) is 10. The standard InChI is InChI=1S/C28H30F3N9O4/c29-28(30,31)17-5-6-20(39-8-10-44-11-9-39)36-22(17)18-12-34-24(32)23(35-18)26(41)38-25-19(2-1-7-33-25)40-13-15-3-4-16(14-40)21(15)37-27(42)43/h1-2,5-7,12,15-16,21,37H,3-4,8-11,13-14H2,(H2,32,34)(H,42,43)(H,33,38,41)/t15-,16+,21?. The molecular formula is C28H30F3N9O4. The molecule has 1 aliphatic carbocycles. The fourth-order valence-electron chi connectivity index (χ4n) is 6.23. The topological polar surface area (TPSA) is 172 Å². The van der Waals surface area contributed by atoms with Gasteiger partial charge >= 0.3 is 12.3 Å². The van der Waals surface area contributed by atoms with Crippen LogP contribution in [0.1, 0.15) is 28.9 Å². The number of piperidine rings is 1. The van der Waals surface area contributed by atoms with E-state index in [4.69, 9.17) is 10.5 Å². The van der Waals surface area contributed by atoms with Gasteiger partial charge in [0.2, 0.25) is 0 Å². The molecule has 3 aromatic heterocycles. The summed E-state index contributed by atoms with van der Waals surface area (Å²) in [5.41, 5.74) is 4.46. The van der Waals surface area contributed by atoms with Gasteiger partial charge in [0, 0.05) is 38.4 Å². The molecule has 0 spiro atoms. The van der Waals surface area contributed by atoms with E-state index < -0.39 is 29.4 Å². The summed E-state index contributed by atoms with van der Waals surface area (Å²) >= 11 is 0. The monoisotopic (exact) mass is 613 g/mol. The normalized spacial score (nSPS) is 21.7. The number of alkyl halides is 3. The molecule has 1 saturated carbocycles. The van der Waals surface area contributed by atoms with Crippen LogP contribution in [0.2, 0.25) is 0 Å². The van der Waals surface area contributed by atoms with E-state index in [1.807, 2.05) is 4.90 Å². The van der Waals surface area contributed by atoms with E-state index in [2.05, 4.69) is 30.6 Å². The zero-order chi connectivity index (χ0) is 31.0. The quantitative estimate of drug-likeness (QED) is 0.322. The van der Waals surface area contributed by atoms with Gasteiger partial charge in [-0.15, -0.1) is 0 Å². The maximum absolute atomic E-state index is 14.0. The molecule has 3 atom stereocenters. The first-order valence-corrected chi connectivity index (χ1v) is 14.1.